The van der Waals surface area contributed by atoms with Crippen molar-refractivity contribution in [3.63, 3.8) is 0 Å². The SMILES string of the molecule is Cc1ccc(-n2nnnc2SCc2csc(-c3ccccn3)n2)cc1C. The first-order chi connectivity index (χ1) is 12.7. The number of rotatable bonds is 5. The zero-order valence-corrected chi connectivity index (χ0v) is 16.0. The summed E-state index contributed by atoms with van der Waals surface area (Å²) in [6.45, 7) is 4.18. The van der Waals surface area contributed by atoms with Crippen LogP contribution in [0.4, 0.5) is 0 Å². The minimum Gasteiger partial charge on any atom is -0.254 e. The molecule has 26 heavy (non-hydrogen) atoms. The Balaban J connectivity index is 1.50. The van der Waals surface area contributed by atoms with Gasteiger partial charge >= 0.3 is 0 Å². The molecule has 0 saturated carbocycles. The van der Waals surface area contributed by atoms with Crippen LogP contribution >= 0.6 is 23.1 Å². The molecular formula is C18H16N6S2. The Morgan fingerprint density at radius 3 is 2.85 bits per heavy atom. The van der Waals surface area contributed by atoms with Gasteiger partial charge < -0.3 is 0 Å². The third-order valence-electron chi connectivity index (χ3n) is 3.96. The summed E-state index contributed by atoms with van der Waals surface area (Å²) in [6.07, 6.45) is 1.78. The zero-order valence-electron chi connectivity index (χ0n) is 14.3. The highest BCUT2D eigenvalue weighted by Gasteiger charge is 2.12. The number of pyridine rings is 1. The monoisotopic (exact) mass is 380 g/mol. The van der Waals surface area contributed by atoms with Gasteiger partial charge in [0.25, 0.3) is 0 Å². The number of nitrogens with zero attached hydrogens (tertiary/aromatic N) is 6. The minimum absolute atomic E-state index is 0.703. The Morgan fingerprint density at radius 1 is 1.12 bits per heavy atom. The molecule has 0 saturated heterocycles. The highest BCUT2D eigenvalue weighted by atomic mass is 32.2. The number of aryl methyl sites for hydroxylation is 2. The van der Waals surface area contributed by atoms with Crippen LogP contribution in [0.1, 0.15) is 16.8 Å². The first kappa shape index (κ1) is 16.9. The zero-order chi connectivity index (χ0) is 17.9. The first-order valence-electron chi connectivity index (χ1n) is 8.05. The van der Waals surface area contributed by atoms with E-state index in [1.54, 1.807) is 34.0 Å². The molecule has 0 aliphatic carbocycles. The lowest BCUT2D eigenvalue weighted by atomic mass is 10.1. The van der Waals surface area contributed by atoms with Crippen molar-refractivity contribution in [2.45, 2.75) is 24.8 Å². The van der Waals surface area contributed by atoms with Gasteiger partial charge in [-0.3, -0.25) is 4.98 Å². The predicted molar refractivity (Wildman–Crippen MR) is 104 cm³/mol. The van der Waals surface area contributed by atoms with Crippen molar-refractivity contribution < 1.29 is 0 Å². The average molecular weight is 381 g/mol. The van der Waals surface area contributed by atoms with Crippen LogP contribution in [0.5, 0.6) is 0 Å². The molecule has 0 atom stereocenters. The lowest BCUT2D eigenvalue weighted by molar-refractivity contribution is 0.755. The van der Waals surface area contributed by atoms with Gasteiger partial charge in [-0.25, -0.2) is 4.98 Å². The maximum absolute atomic E-state index is 4.67. The summed E-state index contributed by atoms with van der Waals surface area (Å²) < 4.78 is 1.77. The van der Waals surface area contributed by atoms with E-state index in [2.05, 4.69) is 56.9 Å². The van der Waals surface area contributed by atoms with Gasteiger partial charge in [0.1, 0.15) is 5.01 Å². The van der Waals surface area contributed by atoms with E-state index in [0.29, 0.717) is 5.75 Å². The molecule has 4 aromatic rings. The summed E-state index contributed by atoms with van der Waals surface area (Å²) in [6, 6.07) is 12.1. The molecule has 0 aliphatic heterocycles. The third-order valence-corrected chi connectivity index (χ3v) is 5.83. The Labute approximate surface area is 159 Å². The van der Waals surface area contributed by atoms with Gasteiger partial charge in [-0.15, -0.1) is 16.4 Å². The molecule has 0 amide bonds. The van der Waals surface area contributed by atoms with E-state index in [9.17, 15) is 0 Å². The second-order valence-corrected chi connectivity index (χ2v) is 7.59. The number of thiazole rings is 1. The molecular weight excluding hydrogens is 364 g/mol. The highest BCUT2D eigenvalue weighted by molar-refractivity contribution is 7.98. The van der Waals surface area contributed by atoms with Gasteiger partial charge in [0.05, 0.1) is 17.1 Å². The van der Waals surface area contributed by atoms with E-state index >= 15 is 0 Å². The van der Waals surface area contributed by atoms with E-state index < -0.39 is 0 Å². The topological polar surface area (TPSA) is 69.4 Å². The smallest absolute Gasteiger partial charge is 0.214 e. The van der Waals surface area contributed by atoms with Gasteiger partial charge in [-0.05, 0) is 59.7 Å². The van der Waals surface area contributed by atoms with Crippen molar-refractivity contribution in [2.24, 2.45) is 0 Å². The molecule has 1 aromatic carbocycles. The van der Waals surface area contributed by atoms with Crippen molar-refractivity contribution in [3.05, 3.63) is 64.8 Å². The van der Waals surface area contributed by atoms with Crippen LogP contribution < -0.4 is 0 Å². The summed E-state index contributed by atoms with van der Waals surface area (Å²) in [5, 5.41) is 15.8. The van der Waals surface area contributed by atoms with Crippen LogP contribution in [0.25, 0.3) is 16.4 Å². The van der Waals surface area contributed by atoms with E-state index in [1.165, 1.54) is 11.1 Å². The largest absolute Gasteiger partial charge is 0.254 e. The number of hydrogen-bond acceptors (Lipinski definition) is 7. The minimum atomic E-state index is 0.703. The molecule has 8 heteroatoms. The van der Waals surface area contributed by atoms with Gasteiger partial charge in [-0.1, -0.05) is 23.9 Å². The molecule has 0 radical (unpaired) electrons. The average Bonchev–Trinajstić information content (AvgIpc) is 3.32. The molecule has 0 unspecified atom stereocenters. The summed E-state index contributed by atoms with van der Waals surface area (Å²) in [4.78, 5) is 9.01. The fraction of sp³-hybridized carbons (Fsp3) is 0.167. The standard InChI is InChI=1S/C18H16N6S2/c1-12-6-7-15(9-13(12)2)24-18(21-22-23-24)26-11-14-10-25-17(20-14)16-5-3-4-8-19-16/h3-10H,11H2,1-2H3. The second kappa shape index (κ2) is 7.35. The summed E-state index contributed by atoms with van der Waals surface area (Å²) in [5.74, 6) is 0.703. The lowest BCUT2D eigenvalue weighted by Gasteiger charge is -2.06. The van der Waals surface area contributed by atoms with Crippen LogP contribution in [0, 0.1) is 13.8 Å². The molecule has 6 nitrogen and oxygen atoms in total. The fourth-order valence-corrected chi connectivity index (χ4v) is 4.09. The third kappa shape index (κ3) is 3.51. The van der Waals surface area contributed by atoms with Crippen molar-refractivity contribution in [1.82, 2.24) is 30.2 Å². The Bertz CT molecular complexity index is 1030. The van der Waals surface area contributed by atoms with E-state index in [4.69, 9.17) is 0 Å². The molecule has 3 aromatic heterocycles. The van der Waals surface area contributed by atoms with Crippen molar-refractivity contribution in [2.75, 3.05) is 0 Å². The number of tetrazole rings is 1. The first-order valence-corrected chi connectivity index (χ1v) is 9.92. The molecule has 0 aliphatic rings. The number of aromatic nitrogens is 6. The fourth-order valence-electron chi connectivity index (χ4n) is 2.41. The highest BCUT2D eigenvalue weighted by Crippen LogP contribution is 2.27. The van der Waals surface area contributed by atoms with E-state index in [1.807, 2.05) is 24.3 Å². The summed E-state index contributed by atoms with van der Waals surface area (Å²) >= 11 is 3.17. The van der Waals surface area contributed by atoms with Crippen LogP contribution in [0.3, 0.4) is 0 Å². The van der Waals surface area contributed by atoms with Gasteiger partial charge in [0.15, 0.2) is 0 Å². The van der Waals surface area contributed by atoms with E-state index in [0.717, 1.165) is 27.2 Å². The molecule has 130 valence electrons. The quantitative estimate of drug-likeness (QED) is 0.486. The van der Waals surface area contributed by atoms with Crippen LogP contribution in [-0.4, -0.2) is 30.2 Å². The molecule has 0 spiro atoms. The maximum Gasteiger partial charge on any atom is 0.214 e. The predicted octanol–water partition coefficient (Wildman–Crippen LogP) is 4.09. The maximum atomic E-state index is 4.67. The molecule has 3 heterocycles. The van der Waals surface area contributed by atoms with Crippen LogP contribution in [0.2, 0.25) is 0 Å². The van der Waals surface area contributed by atoms with Crippen molar-refractivity contribution in [3.8, 4) is 16.4 Å². The summed E-state index contributed by atoms with van der Waals surface area (Å²) in [7, 11) is 0. The Morgan fingerprint density at radius 2 is 2.04 bits per heavy atom. The van der Waals surface area contributed by atoms with Crippen LogP contribution in [0.15, 0.2) is 53.1 Å². The number of hydrogen-bond donors (Lipinski definition) is 0. The van der Waals surface area contributed by atoms with Crippen molar-refractivity contribution >= 4 is 23.1 Å². The summed E-state index contributed by atoms with van der Waals surface area (Å²) in [5.41, 5.74) is 5.33. The number of benzene rings is 1. The second-order valence-electron chi connectivity index (χ2n) is 5.79. The molecule has 0 N–H and O–H groups in total. The van der Waals surface area contributed by atoms with Crippen LogP contribution in [-0.2, 0) is 5.75 Å². The Hall–Kier alpha value is -2.58. The van der Waals surface area contributed by atoms with E-state index in [-0.39, 0.29) is 0 Å². The lowest BCUT2D eigenvalue weighted by Crippen LogP contribution is -2.00. The normalized spacial score (nSPS) is 11.0. The number of thioether (sulfide) groups is 1. The Kier molecular flexibility index (Phi) is 4.77. The molecule has 0 bridgehead atoms. The van der Waals surface area contributed by atoms with Crippen molar-refractivity contribution in [1.29, 1.82) is 0 Å². The molecule has 0 fully saturated rings. The van der Waals surface area contributed by atoms with Gasteiger partial charge in [-0.2, -0.15) is 4.68 Å². The van der Waals surface area contributed by atoms with Gasteiger partial charge in [0, 0.05) is 17.3 Å². The van der Waals surface area contributed by atoms with Gasteiger partial charge in [0.2, 0.25) is 5.16 Å². The molecule has 4 rings (SSSR count).